The molecule has 126 valence electrons. The molecule has 2 aliphatic rings. The minimum Gasteiger partial charge on any atom is -0.312 e. The van der Waals surface area contributed by atoms with Gasteiger partial charge in [0.1, 0.15) is 0 Å². The SMILES string of the molecule is CC1CC(C)CN(S(=O)(=O)c2ccc(N3CCCC3=O)cc2)C1. The molecule has 6 heteroatoms. The van der Waals surface area contributed by atoms with Crippen LogP contribution >= 0.6 is 0 Å². The second-order valence-corrected chi connectivity index (χ2v) is 8.85. The molecule has 0 bridgehead atoms. The highest BCUT2D eigenvalue weighted by atomic mass is 32.2. The molecule has 0 N–H and O–H groups in total. The van der Waals surface area contributed by atoms with Crippen LogP contribution < -0.4 is 4.90 Å². The molecule has 1 aromatic rings. The highest BCUT2D eigenvalue weighted by Crippen LogP contribution is 2.28. The Morgan fingerprint density at radius 1 is 1.04 bits per heavy atom. The molecular weight excluding hydrogens is 312 g/mol. The summed E-state index contributed by atoms with van der Waals surface area (Å²) in [6, 6.07) is 6.74. The Morgan fingerprint density at radius 2 is 1.65 bits per heavy atom. The maximum Gasteiger partial charge on any atom is 0.243 e. The van der Waals surface area contributed by atoms with E-state index in [4.69, 9.17) is 0 Å². The molecule has 0 spiro atoms. The minimum atomic E-state index is -3.45. The topological polar surface area (TPSA) is 57.7 Å². The Hall–Kier alpha value is -1.40. The molecule has 2 atom stereocenters. The van der Waals surface area contributed by atoms with Crippen LogP contribution in [0.15, 0.2) is 29.2 Å². The number of sulfonamides is 1. The second-order valence-electron chi connectivity index (χ2n) is 6.91. The Bertz CT molecular complexity index is 674. The molecule has 0 saturated carbocycles. The van der Waals surface area contributed by atoms with E-state index in [1.807, 2.05) is 0 Å². The summed E-state index contributed by atoms with van der Waals surface area (Å²) in [7, 11) is -3.45. The van der Waals surface area contributed by atoms with Gasteiger partial charge in [-0.05, 0) is 48.9 Å². The number of carbonyl (C=O) groups excluding carboxylic acids is 1. The smallest absolute Gasteiger partial charge is 0.243 e. The maximum atomic E-state index is 12.8. The molecule has 3 rings (SSSR count). The molecule has 2 heterocycles. The molecule has 2 aliphatic heterocycles. The predicted octanol–water partition coefficient (Wildman–Crippen LogP) is 2.48. The zero-order chi connectivity index (χ0) is 16.6. The molecule has 2 fully saturated rings. The van der Waals surface area contributed by atoms with Crippen molar-refractivity contribution in [2.75, 3.05) is 24.5 Å². The van der Waals surface area contributed by atoms with Gasteiger partial charge in [0, 0.05) is 31.7 Å². The summed E-state index contributed by atoms with van der Waals surface area (Å²) in [6.45, 7) is 6.07. The largest absolute Gasteiger partial charge is 0.312 e. The first-order valence-electron chi connectivity index (χ1n) is 8.28. The first kappa shape index (κ1) is 16.5. The zero-order valence-corrected chi connectivity index (χ0v) is 14.6. The van der Waals surface area contributed by atoms with Crippen LogP contribution in [-0.2, 0) is 14.8 Å². The Morgan fingerprint density at radius 3 is 2.17 bits per heavy atom. The number of benzene rings is 1. The van der Waals surface area contributed by atoms with E-state index in [9.17, 15) is 13.2 Å². The number of nitrogens with zero attached hydrogens (tertiary/aromatic N) is 2. The van der Waals surface area contributed by atoms with Crippen molar-refractivity contribution in [2.45, 2.75) is 38.0 Å². The number of carbonyl (C=O) groups is 1. The minimum absolute atomic E-state index is 0.110. The molecule has 2 unspecified atom stereocenters. The van der Waals surface area contributed by atoms with Crippen LogP contribution in [0.1, 0.15) is 33.1 Å². The Kier molecular flexibility index (Phi) is 4.47. The van der Waals surface area contributed by atoms with E-state index in [0.29, 0.717) is 42.8 Å². The van der Waals surface area contributed by atoms with E-state index in [1.54, 1.807) is 33.5 Å². The predicted molar refractivity (Wildman–Crippen MR) is 89.7 cm³/mol. The van der Waals surface area contributed by atoms with Crippen molar-refractivity contribution in [1.82, 2.24) is 4.31 Å². The first-order chi connectivity index (χ1) is 10.9. The van der Waals surface area contributed by atoms with Crippen molar-refractivity contribution in [3.8, 4) is 0 Å². The molecule has 0 radical (unpaired) electrons. The monoisotopic (exact) mass is 336 g/mol. The van der Waals surface area contributed by atoms with Gasteiger partial charge < -0.3 is 4.90 Å². The molecule has 1 amide bonds. The van der Waals surface area contributed by atoms with Gasteiger partial charge in [0.15, 0.2) is 0 Å². The molecule has 23 heavy (non-hydrogen) atoms. The van der Waals surface area contributed by atoms with Crippen LogP contribution in [0.4, 0.5) is 5.69 Å². The fourth-order valence-corrected chi connectivity index (χ4v) is 5.35. The summed E-state index contributed by atoms with van der Waals surface area (Å²) in [5.41, 5.74) is 0.784. The fraction of sp³-hybridized carbons (Fsp3) is 0.588. The van der Waals surface area contributed by atoms with Gasteiger partial charge in [-0.15, -0.1) is 0 Å². The van der Waals surface area contributed by atoms with E-state index < -0.39 is 10.0 Å². The molecule has 0 aliphatic carbocycles. The third kappa shape index (κ3) is 3.28. The van der Waals surface area contributed by atoms with Crippen LogP contribution in [0, 0.1) is 11.8 Å². The number of amides is 1. The zero-order valence-electron chi connectivity index (χ0n) is 13.7. The first-order valence-corrected chi connectivity index (χ1v) is 9.72. The van der Waals surface area contributed by atoms with Crippen LogP contribution in [-0.4, -0.2) is 38.3 Å². The van der Waals surface area contributed by atoms with Crippen molar-refractivity contribution < 1.29 is 13.2 Å². The van der Waals surface area contributed by atoms with E-state index in [-0.39, 0.29) is 5.91 Å². The van der Waals surface area contributed by atoms with E-state index in [1.165, 1.54) is 0 Å². The van der Waals surface area contributed by atoms with Crippen LogP contribution in [0.25, 0.3) is 0 Å². The van der Waals surface area contributed by atoms with Crippen LogP contribution in [0.2, 0.25) is 0 Å². The van der Waals surface area contributed by atoms with E-state index >= 15 is 0 Å². The highest BCUT2D eigenvalue weighted by Gasteiger charge is 2.32. The average molecular weight is 336 g/mol. The van der Waals surface area contributed by atoms with Gasteiger partial charge in [-0.1, -0.05) is 13.8 Å². The third-order valence-electron chi connectivity index (χ3n) is 4.69. The lowest BCUT2D eigenvalue weighted by Crippen LogP contribution is -2.42. The third-order valence-corrected chi connectivity index (χ3v) is 6.54. The normalized spacial score (nSPS) is 26.7. The number of piperidine rings is 1. The number of rotatable bonds is 3. The number of anilines is 1. The molecule has 5 nitrogen and oxygen atoms in total. The van der Waals surface area contributed by atoms with Crippen LogP contribution in [0.5, 0.6) is 0 Å². The molecule has 2 saturated heterocycles. The molecule has 0 aromatic heterocycles. The fourth-order valence-electron chi connectivity index (χ4n) is 3.67. The number of hydrogen-bond acceptors (Lipinski definition) is 3. The lowest BCUT2D eigenvalue weighted by molar-refractivity contribution is -0.117. The standard InChI is InChI=1S/C17H24N2O3S/c1-13-10-14(2)12-18(11-13)23(21,22)16-7-5-15(6-8-16)19-9-3-4-17(19)20/h5-8,13-14H,3-4,9-12H2,1-2H3. The van der Waals surface area contributed by atoms with Gasteiger partial charge in [-0.2, -0.15) is 4.31 Å². The summed E-state index contributed by atoms with van der Waals surface area (Å²) in [5.74, 6) is 0.879. The molecular formula is C17H24N2O3S. The lowest BCUT2D eigenvalue weighted by atomic mass is 9.94. The number of hydrogen-bond donors (Lipinski definition) is 0. The van der Waals surface area contributed by atoms with Gasteiger partial charge >= 0.3 is 0 Å². The van der Waals surface area contributed by atoms with Gasteiger partial charge in [0.25, 0.3) is 0 Å². The summed E-state index contributed by atoms with van der Waals surface area (Å²) < 4.78 is 27.2. The van der Waals surface area contributed by atoms with Crippen LogP contribution in [0.3, 0.4) is 0 Å². The Labute approximate surface area is 138 Å². The Balaban J connectivity index is 1.81. The lowest BCUT2D eigenvalue weighted by Gasteiger charge is -2.34. The van der Waals surface area contributed by atoms with Gasteiger partial charge in [0.05, 0.1) is 4.90 Å². The van der Waals surface area contributed by atoms with Gasteiger partial charge in [-0.25, -0.2) is 8.42 Å². The average Bonchev–Trinajstić information content (AvgIpc) is 2.92. The van der Waals surface area contributed by atoms with E-state index in [0.717, 1.165) is 18.5 Å². The summed E-state index contributed by atoms with van der Waals surface area (Å²) in [5, 5.41) is 0. The van der Waals surface area contributed by atoms with Crippen molar-refractivity contribution in [3.05, 3.63) is 24.3 Å². The van der Waals surface area contributed by atoms with Gasteiger partial charge in [-0.3, -0.25) is 4.79 Å². The summed E-state index contributed by atoms with van der Waals surface area (Å²) in [4.78, 5) is 13.8. The summed E-state index contributed by atoms with van der Waals surface area (Å²) >= 11 is 0. The quantitative estimate of drug-likeness (QED) is 0.852. The van der Waals surface area contributed by atoms with E-state index in [2.05, 4.69) is 13.8 Å². The van der Waals surface area contributed by atoms with Crippen molar-refractivity contribution in [3.63, 3.8) is 0 Å². The summed E-state index contributed by atoms with van der Waals surface area (Å²) in [6.07, 6.45) is 2.51. The highest BCUT2D eigenvalue weighted by molar-refractivity contribution is 7.89. The molecule has 1 aromatic carbocycles. The maximum absolute atomic E-state index is 12.8. The van der Waals surface area contributed by atoms with Gasteiger partial charge in [0.2, 0.25) is 15.9 Å². The second kappa shape index (κ2) is 6.24. The van der Waals surface area contributed by atoms with Crippen molar-refractivity contribution in [2.24, 2.45) is 11.8 Å². The van der Waals surface area contributed by atoms with Crippen molar-refractivity contribution in [1.29, 1.82) is 0 Å². The van der Waals surface area contributed by atoms with Crippen molar-refractivity contribution >= 4 is 21.6 Å².